The predicted octanol–water partition coefficient (Wildman–Crippen LogP) is 2.78. The van der Waals surface area contributed by atoms with E-state index in [1.165, 1.54) is 4.90 Å². The average molecular weight is 291 g/mol. The highest BCUT2D eigenvalue weighted by molar-refractivity contribution is 6.30. The van der Waals surface area contributed by atoms with Crippen LogP contribution in [0.4, 0.5) is 5.69 Å². The van der Waals surface area contributed by atoms with Gasteiger partial charge in [0.05, 0.1) is 11.3 Å². The SMILES string of the molecule is O=C1C2=C3CCC(O3)C2C(=O)N1c1ccc2ccccc2c1. The molecule has 3 aliphatic heterocycles. The zero-order chi connectivity index (χ0) is 14.8. The number of ether oxygens (including phenoxy) is 1. The highest BCUT2D eigenvalue weighted by Crippen LogP contribution is 2.48. The highest BCUT2D eigenvalue weighted by Gasteiger charge is 2.56. The highest BCUT2D eigenvalue weighted by atomic mass is 16.5. The molecule has 2 saturated heterocycles. The number of allylic oxidation sites excluding steroid dienone is 1. The summed E-state index contributed by atoms with van der Waals surface area (Å²) in [6.07, 6.45) is 1.49. The lowest BCUT2D eigenvalue weighted by molar-refractivity contribution is -0.123. The monoisotopic (exact) mass is 291 g/mol. The lowest BCUT2D eigenvalue weighted by Crippen LogP contribution is -2.33. The molecule has 3 aliphatic rings. The maximum Gasteiger partial charge on any atom is 0.265 e. The van der Waals surface area contributed by atoms with E-state index in [1.54, 1.807) is 0 Å². The summed E-state index contributed by atoms with van der Waals surface area (Å²) in [4.78, 5) is 26.7. The largest absolute Gasteiger partial charge is 0.493 e. The van der Waals surface area contributed by atoms with Crippen molar-refractivity contribution in [2.24, 2.45) is 5.92 Å². The van der Waals surface area contributed by atoms with E-state index in [-0.39, 0.29) is 23.8 Å². The van der Waals surface area contributed by atoms with E-state index in [4.69, 9.17) is 4.74 Å². The number of carbonyl (C=O) groups is 2. The molecule has 0 N–H and O–H groups in total. The maximum absolute atomic E-state index is 12.7. The summed E-state index contributed by atoms with van der Waals surface area (Å²) < 4.78 is 5.65. The second kappa shape index (κ2) is 3.97. The van der Waals surface area contributed by atoms with Gasteiger partial charge in [0, 0.05) is 6.42 Å². The van der Waals surface area contributed by atoms with E-state index in [2.05, 4.69) is 0 Å². The minimum absolute atomic E-state index is 0.132. The van der Waals surface area contributed by atoms with Crippen LogP contribution >= 0.6 is 0 Å². The minimum Gasteiger partial charge on any atom is -0.493 e. The third-order valence-corrected chi connectivity index (χ3v) is 4.84. The number of hydrogen-bond acceptors (Lipinski definition) is 3. The van der Waals surface area contributed by atoms with Crippen LogP contribution in [-0.2, 0) is 14.3 Å². The van der Waals surface area contributed by atoms with E-state index < -0.39 is 0 Å². The fourth-order valence-corrected chi connectivity index (χ4v) is 3.82. The number of carbonyl (C=O) groups excluding carboxylic acids is 2. The molecule has 2 aromatic rings. The van der Waals surface area contributed by atoms with Crippen molar-refractivity contribution in [2.45, 2.75) is 18.9 Å². The van der Waals surface area contributed by atoms with Crippen molar-refractivity contribution >= 4 is 28.3 Å². The van der Waals surface area contributed by atoms with Crippen LogP contribution in [0.5, 0.6) is 0 Å². The van der Waals surface area contributed by atoms with Crippen LogP contribution in [0, 0.1) is 5.92 Å². The zero-order valence-electron chi connectivity index (χ0n) is 11.8. The van der Waals surface area contributed by atoms with Crippen LogP contribution in [-0.4, -0.2) is 17.9 Å². The van der Waals surface area contributed by atoms with Crippen molar-refractivity contribution in [1.82, 2.24) is 0 Å². The molecule has 108 valence electrons. The zero-order valence-corrected chi connectivity index (χ0v) is 11.8. The second-order valence-electron chi connectivity index (χ2n) is 6.02. The Balaban J connectivity index is 1.64. The van der Waals surface area contributed by atoms with E-state index in [1.807, 2.05) is 42.5 Å². The Morgan fingerprint density at radius 2 is 1.86 bits per heavy atom. The summed E-state index contributed by atoms with van der Waals surface area (Å²) in [6.45, 7) is 0. The third-order valence-electron chi connectivity index (χ3n) is 4.84. The number of hydrogen-bond donors (Lipinski definition) is 0. The Morgan fingerprint density at radius 3 is 2.68 bits per heavy atom. The van der Waals surface area contributed by atoms with Gasteiger partial charge < -0.3 is 4.74 Å². The predicted molar refractivity (Wildman–Crippen MR) is 81.1 cm³/mol. The van der Waals surface area contributed by atoms with E-state index >= 15 is 0 Å². The van der Waals surface area contributed by atoms with Crippen molar-refractivity contribution in [2.75, 3.05) is 4.90 Å². The van der Waals surface area contributed by atoms with Crippen LogP contribution in [0.3, 0.4) is 0 Å². The van der Waals surface area contributed by atoms with Gasteiger partial charge in [-0.1, -0.05) is 30.3 Å². The average Bonchev–Trinajstić information content (AvgIpc) is 3.21. The van der Waals surface area contributed by atoms with E-state index in [9.17, 15) is 9.59 Å². The third kappa shape index (κ3) is 1.37. The Hall–Kier alpha value is -2.62. The molecule has 0 radical (unpaired) electrons. The summed E-state index contributed by atoms with van der Waals surface area (Å²) >= 11 is 0. The molecule has 2 unspecified atom stereocenters. The normalized spacial score (nSPS) is 26.1. The van der Waals surface area contributed by atoms with Crippen LogP contribution in [0.1, 0.15) is 12.8 Å². The van der Waals surface area contributed by atoms with Crippen molar-refractivity contribution in [3.63, 3.8) is 0 Å². The number of anilines is 1. The van der Waals surface area contributed by atoms with Gasteiger partial charge >= 0.3 is 0 Å². The van der Waals surface area contributed by atoms with Gasteiger partial charge in [-0.3, -0.25) is 9.59 Å². The lowest BCUT2D eigenvalue weighted by Gasteiger charge is -2.17. The van der Waals surface area contributed by atoms with Gasteiger partial charge in [-0.25, -0.2) is 4.90 Å². The quantitative estimate of drug-likeness (QED) is 0.759. The van der Waals surface area contributed by atoms with Gasteiger partial charge in [0.15, 0.2) is 0 Å². The van der Waals surface area contributed by atoms with Crippen molar-refractivity contribution in [3.05, 3.63) is 53.8 Å². The summed E-state index contributed by atoms with van der Waals surface area (Å²) in [5, 5.41) is 2.12. The standard InChI is InChI=1S/C18H13NO3/c20-17-15-13-7-8-14(22-13)16(15)18(21)19(17)12-6-5-10-3-1-2-4-11(10)9-12/h1-6,9,13,15H,7-8H2. The summed E-state index contributed by atoms with van der Waals surface area (Å²) in [5.41, 5.74) is 1.24. The second-order valence-corrected chi connectivity index (χ2v) is 6.02. The first-order valence-corrected chi connectivity index (χ1v) is 7.51. The Labute approximate surface area is 127 Å². The molecule has 0 aliphatic carbocycles. The molecule has 2 bridgehead atoms. The molecule has 2 amide bonds. The first-order valence-electron chi connectivity index (χ1n) is 7.51. The van der Waals surface area contributed by atoms with E-state index in [0.29, 0.717) is 11.3 Å². The molecule has 4 nitrogen and oxygen atoms in total. The molecular weight excluding hydrogens is 278 g/mol. The number of rotatable bonds is 1. The van der Waals surface area contributed by atoms with Gasteiger partial charge in [0.1, 0.15) is 17.8 Å². The molecule has 22 heavy (non-hydrogen) atoms. The number of nitrogens with zero attached hydrogens (tertiary/aromatic N) is 1. The number of amides is 2. The van der Waals surface area contributed by atoms with Gasteiger partial charge in [0.25, 0.3) is 5.91 Å². The van der Waals surface area contributed by atoms with Crippen LogP contribution in [0.15, 0.2) is 53.8 Å². The van der Waals surface area contributed by atoms with Gasteiger partial charge in [-0.15, -0.1) is 0 Å². The molecule has 0 spiro atoms. The van der Waals surface area contributed by atoms with Crippen molar-refractivity contribution in [1.29, 1.82) is 0 Å². The molecule has 2 aromatic carbocycles. The van der Waals surface area contributed by atoms with Crippen LogP contribution in [0.25, 0.3) is 10.8 Å². The topological polar surface area (TPSA) is 46.6 Å². The van der Waals surface area contributed by atoms with Crippen LogP contribution in [0.2, 0.25) is 0 Å². The molecule has 0 saturated carbocycles. The first kappa shape index (κ1) is 12.0. The molecule has 3 heterocycles. The molecule has 4 heteroatoms. The summed E-state index contributed by atoms with van der Waals surface area (Å²) in [7, 11) is 0. The van der Waals surface area contributed by atoms with Crippen LogP contribution < -0.4 is 4.90 Å². The Morgan fingerprint density at radius 1 is 1.05 bits per heavy atom. The van der Waals surface area contributed by atoms with Gasteiger partial charge in [-0.05, 0) is 29.3 Å². The fourth-order valence-electron chi connectivity index (χ4n) is 3.82. The summed E-state index contributed by atoms with van der Waals surface area (Å²) in [6, 6.07) is 13.6. The maximum atomic E-state index is 12.7. The first-order chi connectivity index (χ1) is 10.7. The Bertz CT molecular complexity index is 883. The van der Waals surface area contributed by atoms with Crippen molar-refractivity contribution in [3.8, 4) is 0 Å². The molecule has 5 rings (SSSR count). The number of imide groups is 1. The molecule has 2 fully saturated rings. The van der Waals surface area contributed by atoms with E-state index in [0.717, 1.165) is 29.4 Å². The smallest absolute Gasteiger partial charge is 0.265 e. The minimum atomic E-state index is -0.386. The fraction of sp³-hybridized carbons (Fsp3) is 0.222. The molecule has 0 aromatic heterocycles. The molecule has 2 atom stereocenters. The Kier molecular flexibility index (Phi) is 2.16. The number of fused-ring (bicyclic) bond motifs is 5. The van der Waals surface area contributed by atoms with Gasteiger partial charge in [0.2, 0.25) is 5.91 Å². The molecular formula is C18H13NO3. The van der Waals surface area contributed by atoms with Gasteiger partial charge in [-0.2, -0.15) is 0 Å². The summed E-state index contributed by atoms with van der Waals surface area (Å²) in [5.74, 6) is -0.00294. The van der Waals surface area contributed by atoms with Crippen molar-refractivity contribution < 1.29 is 14.3 Å². The number of benzene rings is 2. The lowest BCUT2D eigenvalue weighted by atomic mass is 9.89.